The lowest BCUT2D eigenvalue weighted by Crippen LogP contribution is -2.33. The molecule has 1 aromatic rings. The van der Waals surface area contributed by atoms with Crippen molar-refractivity contribution in [2.45, 2.75) is 25.5 Å². The summed E-state index contributed by atoms with van der Waals surface area (Å²) in [5.41, 5.74) is 5.64. The van der Waals surface area contributed by atoms with Crippen LogP contribution in [0.3, 0.4) is 0 Å². The molecule has 1 aromatic heterocycles. The number of nitrogens with zero attached hydrogens (tertiary/aromatic N) is 4. The second-order valence-corrected chi connectivity index (χ2v) is 4.62. The third kappa shape index (κ3) is 4.12. The highest BCUT2D eigenvalue weighted by atomic mass is 32.2. The molecule has 0 unspecified atom stereocenters. The van der Waals surface area contributed by atoms with Crippen molar-refractivity contribution >= 4 is 29.6 Å². The molecule has 0 radical (unpaired) electrons. The number of carboxylic acids is 1. The van der Waals surface area contributed by atoms with Gasteiger partial charge in [-0.2, -0.15) is 0 Å². The second-order valence-electron chi connectivity index (χ2n) is 3.68. The van der Waals surface area contributed by atoms with Crippen molar-refractivity contribution in [3.63, 3.8) is 0 Å². The fraction of sp³-hybridized carbons (Fsp3) is 0.600. The fourth-order valence-electron chi connectivity index (χ4n) is 1.49. The summed E-state index contributed by atoms with van der Waals surface area (Å²) < 4.78 is 1.42. The first-order chi connectivity index (χ1) is 8.99. The molecule has 19 heavy (non-hydrogen) atoms. The SMILES string of the molecule is CCN(CC)C(=O)Cn1c(N)nnc1SCC(=O)O. The van der Waals surface area contributed by atoms with E-state index in [1.165, 1.54) is 4.57 Å². The Kier molecular flexibility index (Phi) is 5.61. The first-order valence-electron chi connectivity index (χ1n) is 5.80. The maximum atomic E-state index is 12.0. The lowest BCUT2D eigenvalue weighted by Gasteiger charge is -2.19. The molecule has 0 saturated carbocycles. The second kappa shape index (κ2) is 6.98. The van der Waals surface area contributed by atoms with Gasteiger partial charge in [-0.15, -0.1) is 10.2 Å². The van der Waals surface area contributed by atoms with E-state index in [0.29, 0.717) is 18.2 Å². The highest BCUT2D eigenvalue weighted by molar-refractivity contribution is 7.99. The number of anilines is 1. The van der Waals surface area contributed by atoms with Crippen LogP contribution < -0.4 is 5.73 Å². The summed E-state index contributed by atoms with van der Waals surface area (Å²) in [6.45, 7) is 5.00. The summed E-state index contributed by atoms with van der Waals surface area (Å²) in [4.78, 5) is 24.2. The molecule has 9 heteroatoms. The molecule has 0 aliphatic rings. The number of hydrogen-bond acceptors (Lipinski definition) is 6. The van der Waals surface area contributed by atoms with Crippen molar-refractivity contribution in [1.82, 2.24) is 19.7 Å². The summed E-state index contributed by atoms with van der Waals surface area (Å²) in [7, 11) is 0. The minimum absolute atomic E-state index is 0.0163. The van der Waals surface area contributed by atoms with Gasteiger partial charge in [0, 0.05) is 13.1 Å². The number of hydrogen-bond donors (Lipinski definition) is 2. The van der Waals surface area contributed by atoms with Gasteiger partial charge in [0.05, 0.1) is 5.75 Å². The van der Waals surface area contributed by atoms with E-state index >= 15 is 0 Å². The van der Waals surface area contributed by atoms with Gasteiger partial charge in [-0.1, -0.05) is 11.8 Å². The molecule has 0 aliphatic carbocycles. The number of nitrogen functional groups attached to an aromatic ring is 1. The molecule has 8 nitrogen and oxygen atoms in total. The number of carboxylic acid groups (broad SMARTS) is 1. The average Bonchev–Trinajstić information content (AvgIpc) is 2.70. The van der Waals surface area contributed by atoms with Crippen molar-refractivity contribution in [2.75, 3.05) is 24.6 Å². The lowest BCUT2D eigenvalue weighted by atomic mass is 10.4. The Balaban J connectivity index is 2.79. The number of aromatic nitrogens is 3. The van der Waals surface area contributed by atoms with Crippen LogP contribution in [0.25, 0.3) is 0 Å². The number of thioether (sulfide) groups is 1. The van der Waals surface area contributed by atoms with Crippen LogP contribution in [0.4, 0.5) is 5.95 Å². The zero-order valence-corrected chi connectivity index (χ0v) is 11.7. The number of carbonyl (C=O) groups is 2. The Hall–Kier alpha value is -1.77. The Morgan fingerprint density at radius 1 is 1.37 bits per heavy atom. The molecule has 1 rings (SSSR count). The Morgan fingerprint density at radius 3 is 2.53 bits per heavy atom. The largest absolute Gasteiger partial charge is 0.481 e. The van der Waals surface area contributed by atoms with E-state index in [-0.39, 0.29) is 24.2 Å². The smallest absolute Gasteiger partial charge is 0.313 e. The Morgan fingerprint density at radius 2 is 2.00 bits per heavy atom. The molecule has 0 atom stereocenters. The van der Waals surface area contributed by atoms with Gasteiger partial charge >= 0.3 is 5.97 Å². The lowest BCUT2D eigenvalue weighted by molar-refractivity contribution is -0.134. The topological polar surface area (TPSA) is 114 Å². The zero-order valence-electron chi connectivity index (χ0n) is 10.9. The van der Waals surface area contributed by atoms with Gasteiger partial charge < -0.3 is 15.7 Å². The van der Waals surface area contributed by atoms with E-state index in [4.69, 9.17) is 10.8 Å². The van der Waals surface area contributed by atoms with Gasteiger partial charge in [0.2, 0.25) is 11.9 Å². The minimum atomic E-state index is -0.965. The molecular formula is C10H17N5O3S. The van der Waals surface area contributed by atoms with E-state index in [0.717, 1.165) is 11.8 Å². The van der Waals surface area contributed by atoms with E-state index in [9.17, 15) is 9.59 Å². The molecular weight excluding hydrogens is 270 g/mol. The summed E-state index contributed by atoms with van der Waals surface area (Å²) >= 11 is 0.984. The number of amides is 1. The minimum Gasteiger partial charge on any atom is -0.481 e. The fourth-order valence-corrected chi connectivity index (χ4v) is 2.16. The summed E-state index contributed by atoms with van der Waals surface area (Å²) in [5, 5.41) is 16.4. The van der Waals surface area contributed by atoms with Crippen molar-refractivity contribution in [3.05, 3.63) is 0 Å². The van der Waals surface area contributed by atoms with Crippen molar-refractivity contribution < 1.29 is 14.7 Å². The Bertz CT molecular complexity index is 458. The maximum absolute atomic E-state index is 12.0. The van der Waals surface area contributed by atoms with Crippen molar-refractivity contribution in [2.24, 2.45) is 0 Å². The first-order valence-corrected chi connectivity index (χ1v) is 6.79. The van der Waals surface area contributed by atoms with Gasteiger partial charge in [0.15, 0.2) is 5.16 Å². The van der Waals surface area contributed by atoms with E-state index in [1.807, 2.05) is 13.8 Å². The average molecular weight is 287 g/mol. The molecule has 1 amide bonds. The van der Waals surface area contributed by atoms with Gasteiger partial charge in [0.1, 0.15) is 6.54 Å². The van der Waals surface area contributed by atoms with E-state index in [2.05, 4.69) is 10.2 Å². The number of nitrogens with two attached hydrogens (primary N) is 1. The monoisotopic (exact) mass is 287 g/mol. The molecule has 0 fully saturated rings. The van der Waals surface area contributed by atoms with Crippen molar-refractivity contribution in [1.29, 1.82) is 0 Å². The number of carbonyl (C=O) groups excluding carboxylic acids is 1. The molecule has 0 saturated heterocycles. The van der Waals surface area contributed by atoms with E-state index in [1.54, 1.807) is 4.90 Å². The maximum Gasteiger partial charge on any atom is 0.313 e. The van der Waals surface area contributed by atoms with Crippen LogP contribution in [0, 0.1) is 0 Å². The Labute approximate surface area is 115 Å². The van der Waals surface area contributed by atoms with Gasteiger partial charge in [-0.3, -0.25) is 14.2 Å². The third-order valence-corrected chi connectivity index (χ3v) is 3.43. The highest BCUT2D eigenvalue weighted by Crippen LogP contribution is 2.18. The van der Waals surface area contributed by atoms with Crippen LogP contribution in [0.2, 0.25) is 0 Å². The summed E-state index contributed by atoms with van der Waals surface area (Å²) in [6, 6.07) is 0. The highest BCUT2D eigenvalue weighted by Gasteiger charge is 2.17. The van der Waals surface area contributed by atoms with E-state index < -0.39 is 5.97 Å². The van der Waals surface area contributed by atoms with Gasteiger partial charge in [-0.05, 0) is 13.8 Å². The quantitative estimate of drug-likeness (QED) is 0.673. The van der Waals surface area contributed by atoms with Crippen molar-refractivity contribution in [3.8, 4) is 0 Å². The predicted octanol–water partition coefficient (Wildman–Crippen LogP) is -0.0946. The van der Waals surface area contributed by atoms with Crippen LogP contribution in [0.5, 0.6) is 0 Å². The van der Waals surface area contributed by atoms with Crippen LogP contribution >= 0.6 is 11.8 Å². The normalized spacial score (nSPS) is 10.4. The number of rotatable bonds is 7. The molecule has 0 aliphatic heterocycles. The zero-order chi connectivity index (χ0) is 14.4. The molecule has 0 bridgehead atoms. The summed E-state index contributed by atoms with van der Waals surface area (Å²) in [6.07, 6.45) is 0. The van der Waals surface area contributed by atoms with Crippen LogP contribution in [0.15, 0.2) is 5.16 Å². The predicted molar refractivity (Wildman–Crippen MR) is 70.7 cm³/mol. The van der Waals surface area contributed by atoms with Crippen LogP contribution in [0.1, 0.15) is 13.8 Å². The molecule has 0 aromatic carbocycles. The molecule has 106 valence electrons. The van der Waals surface area contributed by atoms with Gasteiger partial charge in [0.25, 0.3) is 0 Å². The van der Waals surface area contributed by atoms with Gasteiger partial charge in [-0.25, -0.2) is 0 Å². The number of aliphatic carboxylic acids is 1. The summed E-state index contributed by atoms with van der Waals surface area (Å²) in [5.74, 6) is -1.12. The molecule has 0 spiro atoms. The first kappa shape index (κ1) is 15.3. The molecule has 1 heterocycles. The number of likely N-dealkylation sites (N-methyl/N-ethyl adjacent to an activating group) is 1. The van der Waals surface area contributed by atoms with Crippen LogP contribution in [-0.4, -0.2) is 55.5 Å². The third-order valence-electron chi connectivity index (χ3n) is 2.48. The van der Waals surface area contributed by atoms with Crippen LogP contribution in [-0.2, 0) is 16.1 Å². The standard InChI is InChI=1S/C10H17N5O3S/c1-3-14(4-2)7(16)5-15-9(11)12-13-10(15)19-6-8(17)18/h3-6H2,1-2H3,(H2,11,12)(H,17,18). The molecule has 3 N–H and O–H groups in total.